The average Bonchev–Trinajstić information content (AvgIpc) is 3.22. The van der Waals surface area contributed by atoms with E-state index in [0.29, 0.717) is 11.4 Å². The lowest BCUT2D eigenvalue weighted by Crippen LogP contribution is -2.49. The van der Waals surface area contributed by atoms with E-state index in [2.05, 4.69) is 20.9 Å². The minimum atomic E-state index is -1.80. The molecule has 6 nitrogen and oxygen atoms in total. The highest BCUT2D eigenvalue weighted by Gasteiger charge is 2.34. The summed E-state index contributed by atoms with van der Waals surface area (Å²) in [7, 11) is 0. The second-order valence-electron chi connectivity index (χ2n) is 5.65. The lowest BCUT2D eigenvalue weighted by molar-refractivity contribution is 0.0914. The molecule has 0 radical (unpaired) electrons. The summed E-state index contributed by atoms with van der Waals surface area (Å²) in [5.74, 6) is -0.403. The summed E-state index contributed by atoms with van der Waals surface area (Å²) in [4.78, 5) is 12.2. The zero-order valence-electron chi connectivity index (χ0n) is 14.4. The van der Waals surface area contributed by atoms with E-state index in [1.165, 1.54) is 12.3 Å². The molecule has 9 heteroatoms. The van der Waals surface area contributed by atoms with Crippen LogP contribution in [0.15, 0.2) is 87.6 Å². The van der Waals surface area contributed by atoms with Crippen LogP contribution in [0.4, 0.5) is 17.1 Å². The fraction of sp³-hybridized carbons (Fsp3) is 0.105. The van der Waals surface area contributed by atoms with Crippen molar-refractivity contribution in [2.24, 2.45) is 10.2 Å². The first kappa shape index (κ1) is 20.2. The Morgan fingerprint density at radius 3 is 2.11 bits per heavy atom. The number of alkyl halides is 3. The van der Waals surface area contributed by atoms with E-state index in [4.69, 9.17) is 39.2 Å². The second kappa shape index (κ2) is 9.10. The van der Waals surface area contributed by atoms with Crippen molar-refractivity contribution in [2.75, 3.05) is 5.32 Å². The third kappa shape index (κ3) is 5.73. The van der Waals surface area contributed by atoms with Gasteiger partial charge in [-0.3, -0.25) is 4.79 Å². The molecule has 0 aliphatic rings. The number of amides is 1. The molecule has 0 saturated carbocycles. The summed E-state index contributed by atoms with van der Waals surface area (Å²) in [5, 5.41) is 13.9. The summed E-state index contributed by atoms with van der Waals surface area (Å²) in [5.41, 5.74) is 2.02. The minimum absolute atomic E-state index is 0.109. The molecule has 0 aliphatic heterocycles. The van der Waals surface area contributed by atoms with E-state index in [9.17, 15) is 4.79 Å². The van der Waals surface area contributed by atoms with Gasteiger partial charge in [0.1, 0.15) is 6.17 Å². The Morgan fingerprint density at radius 1 is 0.893 bits per heavy atom. The second-order valence-corrected chi connectivity index (χ2v) is 8.02. The number of hydrogen-bond donors (Lipinski definition) is 2. The number of anilines is 1. The topological polar surface area (TPSA) is 79.0 Å². The van der Waals surface area contributed by atoms with Crippen molar-refractivity contribution in [1.82, 2.24) is 5.32 Å². The number of nitrogens with zero attached hydrogens (tertiary/aromatic N) is 2. The Morgan fingerprint density at radius 2 is 1.54 bits per heavy atom. The maximum atomic E-state index is 12.2. The average molecular weight is 438 g/mol. The fourth-order valence-corrected chi connectivity index (χ4v) is 2.54. The summed E-state index contributed by atoms with van der Waals surface area (Å²) < 4.78 is 3.25. The molecule has 1 amide bonds. The smallest absolute Gasteiger partial charge is 0.288 e. The molecule has 2 aromatic carbocycles. The summed E-state index contributed by atoms with van der Waals surface area (Å²) in [6.07, 6.45) is 0.391. The third-order valence-corrected chi connectivity index (χ3v) is 4.22. The van der Waals surface area contributed by atoms with Crippen LogP contribution in [-0.2, 0) is 0 Å². The quantitative estimate of drug-likeness (QED) is 0.272. The molecule has 28 heavy (non-hydrogen) atoms. The van der Waals surface area contributed by atoms with Gasteiger partial charge in [0.15, 0.2) is 5.76 Å². The number of hydrogen-bond acceptors (Lipinski definition) is 5. The number of carbonyl (C=O) groups is 1. The van der Waals surface area contributed by atoms with Crippen LogP contribution in [0.1, 0.15) is 10.6 Å². The van der Waals surface area contributed by atoms with Gasteiger partial charge in [0.25, 0.3) is 5.91 Å². The van der Waals surface area contributed by atoms with Crippen molar-refractivity contribution < 1.29 is 9.21 Å². The van der Waals surface area contributed by atoms with Gasteiger partial charge in [-0.25, -0.2) is 0 Å². The van der Waals surface area contributed by atoms with Gasteiger partial charge < -0.3 is 15.1 Å². The van der Waals surface area contributed by atoms with Gasteiger partial charge in [-0.05, 0) is 48.5 Å². The van der Waals surface area contributed by atoms with Crippen molar-refractivity contribution in [1.29, 1.82) is 0 Å². The highest BCUT2D eigenvalue weighted by molar-refractivity contribution is 6.68. The van der Waals surface area contributed by atoms with Crippen molar-refractivity contribution >= 4 is 57.8 Å². The first-order chi connectivity index (χ1) is 13.4. The van der Waals surface area contributed by atoms with Gasteiger partial charge in [-0.2, -0.15) is 10.2 Å². The Hall–Kier alpha value is -2.54. The zero-order valence-corrected chi connectivity index (χ0v) is 16.6. The Kier molecular flexibility index (Phi) is 6.57. The van der Waals surface area contributed by atoms with E-state index < -0.39 is 15.9 Å². The van der Waals surface area contributed by atoms with Gasteiger partial charge >= 0.3 is 0 Å². The van der Waals surface area contributed by atoms with Gasteiger partial charge in [-0.15, -0.1) is 0 Å². The predicted molar refractivity (Wildman–Crippen MR) is 111 cm³/mol. The molecule has 2 N–H and O–H groups in total. The molecule has 1 aromatic heterocycles. The molecule has 0 spiro atoms. The molecule has 1 heterocycles. The number of nitrogens with one attached hydrogen (secondary N) is 2. The summed E-state index contributed by atoms with van der Waals surface area (Å²) in [6.45, 7) is 0. The third-order valence-electron chi connectivity index (χ3n) is 3.56. The normalized spacial score (nSPS) is 12.7. The molecular weight excluding hydrogens is 423 g/mol. The molecule has 144 valence electrons. The number of benzene rings is 2. The van der Waals surface area contributed by atoms with E-state index in [1.54, 1.807) is 30.3 Å². The highest BCUT2D eigenvalue weighted by atomic mass is 35.6. The Labute approximate surface area is 176 Å². The lowest BCUT2D eigenvalue weighted by Gasteiger charge is -2.27. The van der Waals surface area contributed by atoms with Gasteiger partial charge in [-0.1, -0.05) is 53.0 Å². The largest absolute Gasteiger partial charge is 0.459 e. The number of carbonyl (C=O) groups excluding carboxylic acids is 1. The number of rotatable bonds is 6. The van der Waals surface area contributed by atoms with Gasteiger partial charge in [0.05, 0.1) is 17.6 Å². The van der Waals surface area contributed by atoms with Crippen LogP contribution in [0.25, 0.3) is 0 Å². The van der Waals surface area contributed by atoms with Crippen LogP contribution in [0.2, 0.25) is 0 Å². The van der Waals surface area contributed by atoms with E-state index in [1.807, 2.05) is 30.3 Å². The monoisotopic (exact) mass is 436 g/mol. The number of furan rings is 1. The molecule has 0 bridgehead atoms. The van der Waals surface area contributed by atoms with Crippen molar-refractivity contribution in [2.45, 2.75) is 9.96 Å². The Balaban J connectivity index is 1.67. The Bertz CT molecular complexity index is 924. The molecular formula is C19H15Cl3N4O2. The molecule has 0 fully saturated rings. The maximum Gasteiger partial charge on any atom is 0.288 e. The standard InChI is InChI=1S/C19H15Cl3N4O2/c20-19(21,22)18(24-17(27)16-7-4-12-28-16)23-13-8-10-15(11-9-13)26-25-14-5-2-1-3-6-14/h1-12,18,23H,(H,24,27). The predicted octanol–water partition coefficient (Wildman–Crippen LogP) is 6.23. The number of azo groups is 1. The SMILES string of the molecule is O=C(NC(Nc1ccc(N=Nc2ccccc2)cc1)C(Cl)(Cl)Cl)c1ccco1. The number of halogens is 3. The molecule has 3 rings (SSSR count). The zero-order chi connectivity index (χ0) is 20.0. The lowest BCUT2D eigenvalue weighted by atomic mass is 10.2. The molecule has 3 aromatic rings. The van der Waals surface area contributed by atoms with Crippen LogP contribution in [-0.4, -0.2) is 15.9 Å². The summed E-state index contributed by atoms with van der Waals surface area (Å²) in [6, 6.07) is 19.5. The van der Waals surface area contributed by atoms with E-state index in [-0.39, 0.29) is 5.76 Å². The fourth-order valence-electron chi connectivity index (χ4n) is 2.21. The van der Waals surface area contributed by atoms with Crippen LogP contribution >= 0.6 is 34.8 Å². The first-order valence-corrected chi connectivity index (χ1v) is 9.30. The van der Waals surface area contributed by atoms with Crippen LogP contribution in [0, 0.1) is 0 Å². The van der Waals surface area contributed by atoms with E-state index >= 15 is 0 Å². The van der Waals surface area contributed by atoms with Crippen molar-refractivity contribution in [3.8, 4) is 0 Å². The minimum Gasteiger partial charge on any atom is -0.459 e. The molecule has 0 aliphatic carbocycles. The summed E-state index contributed by atoms with van der Waals surface area (Å²) >= 11 is 18.0. The van der Waals surface area contributed by atoms with Crippen molar-refractivity contribution in [3.63, 3.8) is 0 Å². The van der Waals surface area contributed by atoms with Crippen LogP contribution in [0.5, 0.6) is 0 Å². The highest BCUT2D eigenvalue weighted by Crippen LogP contribution is 2.31. The van der Waals surface area contributed by atoms with Gasteiger partial charge in [0.2, 0.25) is 3.79 Å². The van der Waals surface area contributed by atoms with Gasteiger partial charge in [0, 0.05) is 5.69 Å². The first-order valence-electron chi connectivity index (χ1n) is 8.16. The van der Waals surface area contributed by atoms with Crippen LogP contribution in [0.3, 0.4) is 0 Å². The molecule has 1 unspecified atom stereocenters. The maximum absolute atomic E-state index is 12.2. The molecule has 0 saturated heterocycles. The van der Waals surface area contributed by atoms with Crippen molar-refractivity contribution in [3.05, 3.63) is 78.8 Å². The van der Waals surface area contributed by atoms with E-state index in [0.717, 1.165) is 5.69 Å². The van der Waals surface area contributed by atoms with Crippen LogP contribution < -0.4 is 10.6 Å². The molecule has 1 atom stereocenters.